The summed E-state index contributed by atoms with van der Waals surface area (Å²) in [4.78, 5) is 15.3. The first-order valence-corrected chi connectivity index (χ1v) is 7.23. The van der Waals surface area contributed by atoms with Crippen LogP contribution >= 0.6 is 11.6 Å². The van der Waals surface area contributed by atoms with Crippen LogP contribution in [0.5, 0.6) is 0 Å². The molecule has 0 fully saturated rings. The van der Waals surface area contributed by atoms with Gasteiger partial charge in [0.25, 0.3) is 5.91 Å². The zero-order valence-electron chi connectivity index (χ0n) is 12.6. The van der Waals surface area contributed by atoms with E-state index in [0.29, 0.717) is 22.9 Å². The van der Waals surface area contributed by atoms with Gasteiger partial charge in [-0.1, -0.05) is 35.9 Å². The number of rotatable bonds is 5. The minimum absolute atomic E-state index is 0.292. The van der Waals surface area contributed by atoms with Crippen LogP contribution in [0.4, 0.5) is 5.69 Å². The highest BCUT2D eigenvalue weighted by atomic mass is 35.5. The van der Waals surface area contributed by atoms with Crippen LogP contribution in [0.15, 0.2) is 36.5 Å². The van der Waals surface area contributed by atoms with E-state index in [2.05, 4.69) is 10.3 Å². The van der Waals surface area contributed by atoms with Gasteiger partial charge in [-0.05, 0) is 31.0 Å². The Kier molecular flexibility index (Phi) is 4.68. The predicted molar refractivity (Wildman–Crippen MR) is 88.7 cm³/mol. The highest BCUT2D eigenvalue weighted by Gasteiger charge is 2.18. The SMILES string of the molecule is CC(C)(N)c1ccccc1CNc1cc(Cl)ncc1C(N)=O. The Morgan fingerprint density at radius 1 is 1.36 bits per heavy atom. The number of pyridine rings is 1. The number of nitrogens with one attached hydrogen (secondary N) is 1. The Hall–Kier alpha value is -2.11. The third-order valence-corrected chi connectivity index (χ3v) is 3.52. The van der Waals surface area contributed by atoms with Crippen LogP contribution in [-0.2, 0) is 12.1 Å². The summed E-state index contributed by atoms with van der Waals surface area (Å²) in [5, 5.41) is 3.47. The molecule has 0 saturated carbocycles. The van der Waals surface area contributed by atoms with Crippen LogP contribution in [0.1, 0.15) is 35.3 Å². The number of benzene rings is 1. The fraction of sp³-hybridized carbons (Fsp3) is 0.250. The predicted octanol–water partition coefficient (Wildman–Crippen LogP) is 2.64. The Labute approximate surface area is 134 Å². The lowest BCUT2D eigenvalue weighted by Gasteiger charge is -2.23. The molecule has 0 aliphatic heterocycles. The molecule has 5 N–H and O–H groups in total. The zero-order chi connectivity index (χ0) is 16.3. The summed E-state index contributed by atoms with van der Waals surface area (Å²) >= 11 is 5.88. The molecule has 1 amide bonds. The normalized spacial score (nSPS) is 11.3. The molecule has 2 aromatic rings. The van der Waals surface area contributed by atoms with Crippen molar-refractivity contribution in [2.45, 2.75) is 25.9 Å². The summed E-state index contributed by atoms with van der Waals surface area (Å²) in [6, 6.07) is 9.46. The van der Waals surface area contributed by atoms with E-state index in [1.807, 2.05) is 38.1 Å². The number of halogens is 1. The Morgan fingerprint density at radius 3 is 2.68 bits per heavy atom. The van der Waals surface area contributed by atoms with E-state index < -0.39 is 11.4 Å². The highest BCUT2D eigenvalue weighted by Crippen LogP contribution is 2.24. The van der Waals surface area contributed by atoms with Crippen molar-refractivity contribution in [2.24, 2.45) is 11.5 Å². The molecule has 2 rings (SSSR count). The Bertz CT molecular complexity index is 695. The van der Waals surface area contributed by atoms with Crippen molar-refractivity contribution < 1.29 is 4.79 Å². The van der Waals surface area contributed by atoms with Crippen molar-refractivity contribution in [1.29, 1.82) is 0 Å². The quantitative estimate of drug-likeness (QED) is 0.739. The minimum Gasteiger partial charge on any atom is -0.380 e. The molecule has 1 aromatic carbocycles. The Morgan fingerprint density at radius 2 is 2.05 bits per heavy atom. The summed E-state index contributed by atoms with van der Waals surface area (Å²) < 4.78 is 0. The van der Waals surface area contributed by atoms with Crippen molar-refractivity contribution in [2.75, 3.05) is 5.32 Å². The maximum atomic E-state index is 11.4. The van der Waals surface area contributed by atoms with Crippen LogP contribution in [0, 0.1) is 0 Å². The number of carbonyl (C=O) groups excluding carboxylic acids is 1. The zero-order valence-corrected chi connectivity index (χ0v) is 13.3. The highest BCUT2D eigenvalue weighted by molar-refractivity contribution is 6.29. The van der Waals surface area contributed by atoms with Gasteiger partial charge in [-0.2, -0.15) is 0 Å². The number of aromatic nitrogens is 1. The minimum atomic E-state index is -0.556. The smallest absolute Gasteiger partial charge is 0.252 e. The van der Waals surface area contributed by atoms with Gasteiger partial charge in [0.05, 0.1) is 11.3 Å². The number of amides is 1. The standard InChI is InChI=1S/C16H19ClN4O/c1-16(2,19)12-6-4-3-5-10(12)8-20-13-7-14(17)21-9-11(13)15(18)22/h3-7,9H,8,19H2,1-2H3,(H2,18,22)(H,20,21). The van der Waals surface area contributed by atoms with Gasteiger partial charge in [0.2, 0.25) is 0 Å². The molecular weight excluding hydrogens is 300 g/mol. The summed E-state index contributed by atoms with van der Waals surface area (Å²) in [5.74, 6) is -0.556. The van der Waals surface area contributed by atoms with Crippen molar-refractivity contribution in [1.82, 2.24) is 4.98 Å². The summed E-state index contributed by atoms with van der Waals surface area (Å²) in [5.41, 5.74) is 14.0. The summed E-state index contributed by atoms with van der Waals surface area (Å²) in [6.45, 7) is 4.39. The molecule has 0 radical (unpaired) electrons. The van der Waals surface area contributed by atoms with Gasteiger partial charge in [0, 0.05) is 18.3 Å². The second kappa shape index (κ2) is 6.34. The lowest BCUT2D eigenvalue weighted by Crippen LogP contribution is -2.30. The fourth-order valence-corrected chi connectivity index (χ4v) is 2.42. The summed E-state index contributed by atoms with van der Waals surface area (Å²) in [7, 11) is 0. The topological polar surface area (TPSA) is 94.0 Å². The van der Waals surface area contributed by atoms with Gasteiger partial charge in [0.15, 0.2) is 0 Å². The van der Waals surface area contributed by atoms with Gasteiger partial charge >= 0.3 is 0 Å². The maximum absolute atomic E-state index is 11.4. The first kappa shape index (κ1) is 16.3. The van der Waals surface area contributed by atoms with Gasteiger partial charge in [0.1, 0.15) is 5.15 Å². The second-order valence-corrected chi connectivity index (χ2v) is 6.04. The van der Waals surface area contributed by atoms with Crippen LogP contribution < -0.4 is 16.8 Å². The van der Waals surface area contributed by atoms with Crippen LogP contribution in [0.2, 0.25) is 5.15 Å². The maximum Gasteiger partial charge on any atom is 0.252 e. The largest absolute Gasteiger partial charge is 0.380 e. The number of anilines is 1. The number of hydrogen-bond acceptors (Lipinski definition) is 4. The monoisotopic (exact) mass is 318 g/mol. The molecule has 0 spiro atoms. The van der Waals surface area contributed by atoms with Crippen molar-refractivity contribution >= 4 is 23.2 Å². The van der Waals surface area contributed by atoms with E-state index in [1.165, 1.54) is 6.20 Å². The van der Waals surface area contributed by atoms with Crippen molar-refractivity contribution in [3.63, 3.8) is 0 Å². The Balaban J connectivity index is 2.28. The lowest BCUT2D eigenvalue weighted by molar-refractivity contribution is 0.100. The first-order valence-electron chi connectivity index (χ1n) is 6.85. The van der Waals surface area contributed by atoms with E-state index in [0.717, 1.165) is 11.1 Å². The first-order chi connectivity index (χ1) is 10.3. The average Bonchev–Trinajstić information content (AvgIpc) is 2.44. The number of nitrogens with two attached hydrogens (primary N) is 2. The number of primary amides is 1. The number of carbonyl (C=O) groups is 1. The molecule has 0 unspecified atom stereocenters. The molecule has 1 aromatic heterocycles. The molecule has 1 heterocycles. The third kappa shape index (κ3) is 3.75. The molecule has 5 nitrogen and oxygen atoms in total. The molecule has 0 atom stereocenters. The third-order valence-electron chi connectivity index (χ3n) is 3.32. The van der Waals surface area contributed by atoms with Crippen LogP contribution in [0.3, 0.4) is 0 Å². The second-order valence-electron chi connectivity index (χ2n) is 5.65. The molecule has 0 bridgehead atoms. The van der Waals surface area contributed by atoms with E-state index in [4.69, 9.17) is 23.1 Å². The van der Waals surface area contributed by atoms with Gasteiger partial charge < -0.3 is 16.8 Å². The van der Waals surface area contributed by atoms with Crippen molar-refractivity contribution in [3.05, 3.63) is 58.4 Å². The van der Waals surface area contributed by atoms with E-state index in [9.17, 15) is 4.79 Å². The molecule has 6 heteroatoms. The number of hydrogen-bond donors (Lipinski definition) is 3. The molecule has 116 valence electrons. The molecule has 0 saturated heterocycles. The summed E-state index contributed by atoms with van der Waals surface area (Å²) in [6.07, 6.45) is 1.37. The van der Waals surface area contributed by atoms with Crippen molar-refractivity contribution in [3.8, 4) is 0 Å². The van der Waals surface area contributed by atoms with Gasteiger partial charge in [-0.25, -0.2) is 4.98 Å². The van der Waals surface area contributed by atoms with E-state index in [-0.39, 0.29) is 0 Å². The number of nitrogens with zero attached hydrogens (tertiary/aromatic N) is 1. The molecule has 22 heavy (non-hydrogen) atoms. The fourth-order valence-electron chi connectivity index (χ4n) is 2.27. The molecule has 0 aliphatic carbocycles. The van der Waals surface area contributed by atoms with Crippen LogP contribution in [-0.4, -0.2) is 10.9 Å². The average molecular weight is 319 g/mol. The van der Waals surface area contributed by atoms with E-state index in [1.54, 1.807) is 6.07 Å². The van der Waals surface area contributed by atoms with Gasteiger partial charge in [-0.15, -0.1) is 0 Å². The molecule has 0 aliphatic rings. The lowest BCUT2D eigenvalue weighted by atomic mass is 9.91. The van der Waals surface area contributed by atoms with Gasteiger partial charge in [-0.3, -0.25) is 4.79 Å². The molecular formula is C16H19ClN4O. The van der Waals surface area contributed by atoms with E-state index >= 15 is 0 Å². The van der Waals surface area contributed by atoms with Crippen LogP contribution in [0.25, 0.3) is 0 Å².